The van der Waals surface area contributed by atoms with E-state index in [-0.39, 0.29) is 5.92 Å². The molecule has 3 aliphatic rings. The molecule has 2 atom stereocenters. The van der Waals surface area contributed by atoms with Crippen LogP contribution in [0.1, 0.15) is 135 Å². The molecule has 3 aliphatic carbocycles. The Balaban J connectivity index is 1.47. The number of carboxylic acid groups (broad SMARTS) is 1. The molecule has 0 heterocycles. The summed E-state index contributed by atoms with van der Waals surface area (Å²) in [6.07, 6.45) is 28.1. The molecule has 0 aromatic carbocycles. The average molecular weight is 415 g/mol. The monoisotopic (exact) mass is 415 g/mol. The summed E-state index contributed by atoms with van der Waals surface area (Å²) in [5.74, 6) is 2.63. The normalized spacial score (nSPS) is 34.0. The summed E-state index contributed by atoms with van der Waals surface area (Å²) in [4.78, 5) is 11.8. The molecule has 1 radical (unpaired) electrons. The van der Waals surface area contributed by atoms with E-state index in [1.807, 2.05) is 0 Å². The van der Waals surface area contributed by atoms with E-state index in [1.165, 1.54) is 116 Å². The highest BCUT2D eigenvalue weighted by Gasteiger charge is 2.28. The van der Waals surface area contributed by atoms with Crippen molar-refractivity contribution >= 4 is 13.2 Å². The lowest BCUT2D eigenvalue weighted by Gasteiger charge is -2.33. The van der Waals surface area contributed by atoms with Gasteiger partial charge in [-0.2, -0.15) is 0 Å². The molecule has 3 fully saturated rings. The van der Waals surface area contributed by atoms with Crippen LogP contribution < -0.4 is 0 Å². The first-order valence-corrected chi connectivity index (χ1v) is 13.8. The molecular formula is C27H48BO2. The average Bonchev–Trinajstić information content (AvgIpc) is 2.68. The van der Waals surface area contributed by atoms with E-state index >= 15 is 0 Å². The highest BCUT2D eigenvalue weighted by atomic mass is 16.4. The first-order chi connectivity index (χ1) is 14.7. The van der Waals surface area contributed by atoms with Crippen LogP contribution in [0.5, 0.6) is 0 Å². The zero-order valence-electron chi connectivity index (χ0n) is 19.7. The van der Waals surface area contributed by atoms with E-state index in [2.05, 4.69) is 7.28 Å². The molecule has 0 aromatic heterocycles. The second kappa shape index (κ2) is 13.8. The molecule has 0 saturated heterocycles. The molecule has 3 rings (SSSR count). The Hall–Kier alpha value is -0.465. The van der Waals surface area contributed by atoms with Crippen LogP contribution in [0, 0.1) is 17.8 Å². The van der Waals surface area contributed by atoms with E-state index in [1.54, 1.807) is 0 Å². The van der Waals surface area contributed by atoms with Gasteiger partial charge in [-0.05, 0) is 24.7 Å². The van der Waals surface area contributed by atoms with Crippen LogP contribution in [0.4, 0.5) is 0 Å². The van der Waals surface area contributed by atoms with Gasteiger partial charge >= 0.3 is 5.97 Å². The number of carboxylic acids is 1. The molecule has 30 heavy (non-hydrogen) atoms. The summed E-state index contributed by atoms with van der Waals surface area (Å²) in [7, 11) is 2.65. The molecule has 171 valence electrons. The van der Waals surface area contributed by atoms with Crippen molar-refractivity contribution < 1.29 is 9.90 Å². The first-order valence-electron chi connectivity index (χ1n) is 13.8. The van der Waals surface area contributed by atoms with Gasteiger partial charge in [0.05, 0.1) is 5.92 Å². The van der Waals surface area contributed by atoms with Crippen molar-refractivity contribution in [1.82, 2.24) is 0 Å². The maximum atomic E-state index is 11.8. The maximum Gasteiger partial charge on any atom is 0.306 e. The van der Waals surface area contributed by atoms with Crippen LogP contribution in [0.15, 0.2) is 0 Å². The third kappa shape index (κ3) is 8.58. The van der Waals surface area contributed by atoms with E-state index in [0.717, 1.165) is 36.9 Å². The summed E-state index contributed by atoms with van der Waals surface area (Å²) in [6, 6.07) is 0. The van der Waals surface area contributed by atoms with Crippen LogP contribution >= 0.6 is 0 Å². The van der Waals surface area contributed by atoms with Crippen LogP contribution in [-0.2, 0) is 4.79 Å². The summed E-state index contributed by atoms with van der Waals surface area (Å²) >= 11 is 0. The Kier molecular flexibility index (Phi) is 11.2. The third-order valence-corrected chi connectivity index (χ3v) is 8.72. The predicted octanol–water partition coefficient (Wildman–Crippen LogP) is 8.43. The second-order valence-electron chi connectivity index (χ2n) is 11.1. The van der Waals surface area contributed by atoms with Crippen molar-refractivity contribution in [3.63, 3.8) is 0 Å². The number of rotatable bonds is 4. The van der Waals surface area contributed by atoms with Crippen molar-refractivity contribution in [3.05, 3.63) is 0 Å². The summed E-state index contributed by atoms with van der Waals surface area (Å²) in [5.41, 5.74) is 0. The molecule has 0 aromatic rings. The summed E-state index contributed by atoms with van der Waals surface area (Å²) < 4.78 is 0. The standard InChI is InChI=1S/C27H48BO2/c29-27(30)24-15-9-5-2-6-10-18-26(21-24)28-25-19-11-16-23(17-12-20-25)22-13-7-3-1-4-8-14-22/h22-26H,1-21H2,(H,29,30). The number of hydrogen-bond acceptors (Lipinski definition) is 1. The molecule has 1 N–H and O–H groups in total. The fourth-order valence-corrected chi connectivity index (χ4v) is 6.91. The van der Waals surface area contributed by atoms with E-state index < -0.39 is 5.97 Å². The fraction of sp³-hybridized carbons (Fsp3) is 0.963. The Bertz CT molecular complexity index is 461. The van der Waals surface area contributed by atoms with E-state index in [4.69, 9.17) is 0 Å². The Morgan fingerprint density at radius 3 is 1.53 bits per heavy atom. The number of carbonyl (C=O) groups is 1. The smallest absolute Gasteiger partial charge is 0.306 e. The molecule has 3 heteroatoms. The van der Waals surface area contributed by atoms with E-state index in [9.17, 15) is 9.90 Å². The van der Waals surface area contributed by atoms with Crippen LogP contribution in [0.3, 0.4) is 0 Å². The summed E-state index contributed by atoms with van der Waals surface area (Å²) in [6.45, 7) is 0. The first kappa shape index (κ1) is 24.2. The molecule has 0 bridgehead atoms. The topological polar surface area (TPSA) is 37.3 Å². The SMILES string of the molecule is O=C(O)C1CCCCCCCC([B]C2CCCC(C3CCCCCCC3)CCC2)C1. The summed E-state index contributed by atoms with van der Waals surface area (Å²) in [5, 5.41) is 9.70. The minimum absolute atomic E-state index is 0.110. The fourth-order valence-electron chi connectivity index (χ4n) is 6.91. The van der Waals surface area contributed by atoms with Crippen molar-refractivity contribution in [2.24, 2.45) is 17.8 Å². The van der Waals surface area contributed by atoms with Gasteiger partial charge in [-0.3, -0.25) is 4.79 Å². The van der Waals surface area contributed by atoms with Gasteiger partial charge in [-0.15, -0.1) is 0 Å². The van der Waals surface area contributed by atoms with Gasteiger partial charge in [0.1, 0.15) is 7.28 Å². The van der Waals surface area contributed by atoms with Gasteiger partial charge in [0.25, 0.3) is 0 Å². The Labute approximate surface area is 187 Å². The lowest BCUT2D eigenvalue weighted by molar-refractivity contribution is -0.142. The highest BCUT2D eigenvalue weighted by molar-refractivity contribution is 6.39. The zero-order chi connectivity index (χ0) is 21.0. The van der Waals surface area contributed by atoms with Crippen LogP contribution in [0.2, 0.25) is 11.6 Å². The van der Waals surface area contributed by atoms with Crippen molar-refractivity contribution in [1.29, 1.82) is 0 Å². The van der Waals surface area contributed by atoms with Crippen LogP contribution in [-0.4, -0.2) is 18.4 Å². The Morgan fingerprint density at radius 2 is 0.967 bits per heavy atom. The largest absolute Gasteiger partial charge is 0.481 e. The maximum absolute atomic E-state index is 11.8. The van der Waals surface area contributed by atoms with Gasteiger partial charge in [0, 0.05) is 0 Å². The van der Waals surface area contributed by atoms with Gasteiger partial charge in [0.2, 0.25) is 0 Å². The molecule has 2 nitrogen and oxygen atoms in total. The third-order valence-electron chi connectivity index (χ3n) is 8.72. The Morgan fingerprint density at radius 1 is 0.533 bits per heavy atom. The quantitative estimate of drug-likeness (QED) is 0.468. The van der Waals surface area contributed by atoms with Crippen molar-refractivity contribution in [2.75, 3.05) is 0 Å². The van der Waals surface area contributed by atoms with Crippen LogP contribution in [0.25, 0.3) is 0 Å². The number of hydrogen-bond donors (Lipinski definition) is 1. The lowest BCUT2D eigenvalue weighted by atomic mass is 9.49. The highest BCUT2D eigenvalue weighted by Crippen LogP contribution is 2.40. The minimum atomic E-state index is -0.548. The number of aliphatic carboxylic acids is 1. The molecule has 3 saturated carbocycles. The minimum Gasteiger partial charge on any atom is -0.481 e. The predicted molar refractivity (Wildman–Crippen MR) is 128 cm³/mol. The lowest BCUT2D eigenvalue weighted by Crippen LogP contribution is -2.23. The molecular weight excluding hydrogens is 367 g/mol. The van der Waals surface area contributed by atoms with Gasteiger partial charge in [-0.1, -0.05) is 134 Å². The van der Waals surface area contributed by atoms with Crippen molar-refractivity contribution in [2.45, 2.75) is 146 Å². The van der Waals surface area contributed by atoms with E-state index in [0.29, 0.717) is 5.82 Å². The molecule has 0 spiro atoms. The van der Waals surface area contributed by atoms with Gasteiger partial charge < -0.3 is 5.11 Å². The molecule has 0 aliphatic heterocycles. The molecule has 0 amide bonds. The van der Waals surface area contributed by atoms with Crippen molar-refractivity contribution in [3.8, 4) is 0 Å². The zero-order valence-corrected chi connectivity index (χ0v) is 19.7. The molecule has 2 unspecified atom stereocenters. The van der Waals surface area contributed by atoms with Gasteiger partial charge in [0.15, 0.2) is 0 Å². The second-order valence-corrected chi connectivity index (χ2v) is 11.1. The van der Waals surface area contributed by atoms with Gasteiger partial charge in [-0.25, -0.2) is 0 Å².